The monoisotopic (exact) mass is 323 g/mol. The van der Waals surface area contributed by atoms with E-state index in [0.29, 0.717) is 0 Å². The van der Waals surface area contributed by atoms with E-state index in [0.717, 1.165) is 37.4 Å². The maximum atomic E-state index is 5.33. The summed E-state index contributed by atoms with van der Waals surface area (Å²) in [6.07, 6.45) is 1.89. The third-order valence-electron chi connectivity index (χ3n) is 3.57. The lowest BCUT2D eigenvalue weighted by Crippen LogP contribution is -1.85. The molecule has 2 aromatic carbocycles. The zero-order valence-electron chi connectivity index (χ0n) is 11.7. The Morgan fingerprint density at radius 3 is 2.86 bits per heavy atom. The van der Waals surface area contributed by atoms with Gasteiger partial charge in [0.05, 0.1) is 11.0 Å². The van der Waals surface area contributed by atoms with Crippen molar-refractivity contribution < 1.29 is 0 Å². The van der Waals surface area contributed by atoms with E-state index in [4.69, 9.17) is 12.2 Å². The van der Waals surface area contributed by atoms with Crippen molar-refractivity contribution in [1.29, 1.82) is 0 Å². The van der Waals surface area contributed by atoms with Crippen LogP contribution in [0.15, 0.2) is 59.9 Å². The maximum absolute atomic E-state index is 5.33. The van der Waals surface area contributed by atoms with Gasteiger partial charge in [0.1, 0.15) is 0 Å². The van der Waals surface area contributed by atoms with E-state index < -0.39 is 0 Å². The minimum atomic E-state index is 0.866. The summed E-state index contributed by atoms with van der Waals surface area (Å²) >= 11 is 7.04. The molecule has 0 aliphatic rings. The van der Waals surface area contributed by atoms with Crippen molar-refractivity contribution in [3.63, 3.8) is 0 Å². The molecule has 0 aliphatic heterocycles. The molecule has 2 heterocycles. The molecule has 0 amide bonds. The SMILES string of the molecule is S=c1cc[nH]c2cc(CSc3nc4ccccc4[nH]3)ccc12. The van der Waals surface area contributed by atoms with E-state index in [1.807, 2.05) is 36.5 Å². The molecule has 0 unspecified atom stereocenters. The number of hydrogen-bond donors (Lipinski definition) is 2. The Morgan fingerprint density at radius 1 is 1.05 bits per heavy atom. The number of aromatic nitrogens is 3. The van der Waals surface area contributed by atoms with Crippen LogP contribution >= 0.6 is 24.0 Å². The van der Waals surface area contributed by atoms with Gasteiger partial charge in [-0.2, -0.15) is 0 Å². The molecule has 2 aromatic heterocycles. The van der Waals surface area contributed by atoms with Gasteiger partial charge in [-0.05, 0) is 29.8 Å². The van der Waals surface area contributed by atoms with Crippen LogP contribution in [-0.2, 0) is 5.75 Å². The fourth-order valence-electron chi connectivity index (χ4n) is 2.46. The molecular formula is C17H13N3S2. The van der Waals surface area contributed by atoms with Gasteiger partial charge in [0.25, 0.3) is 0 Å². The molecule has 0 spiro atoms. The van der Waals surface area contributed by atoms with Crippen LogP contribution in [0.3, 0.4) is 0 Å². The van der Waals surface area contributed by atoms with Gasteiger partial charge in [-0.3, -0.25) is 0 Å². The zero-order chi connectivity index (χ0) is 14.9. The van der Waals surface area contributed by atoms with Crippen molar-refractivity contribution in [2.24, 2.45) is 0 Å². The Hall–Kier alpha value is -2.11. The van der Waals surface area contributed by atoms with Crippen LogP contribution in [0, 0.1) is 4.51 Å². The molecular weight excluding hydrogens is 310 g/mol. The first-order valence-corrected chi connectivity index (χ1v) is 8.37. The van der Waals surface area contributed by atoms with Crippen LogP contribution in [-0.4, -0.2) is 15.0 Å². The number of thioether (sulfide) groups is 1. The highest BCUT2D eigenvalue weighted by molar-refractivity contribution is 7.98. The molecule has 0 saturated carbocycles. The second-order valence-corrected chi connectivity index (χ2v) is 6.47. The van der Waals surface area contributed by atoms with Crippen molar-refractivity contribution in [3.05, 3.63) is 64.8 Å². The van der Waals surface area contributed by atoms with Gasteiger partial charge < -0.3 is 9.97 Å². The maximum Gasteiger partial charge on any atom is 0.166 e. The summed E-state index contributed by atoms with van der Waals surface area (Å²) in [6, 6.07) is 16.4. The lowest BCUT2D eigenvalue weighted by Gasteiger charge is -2.03. The highest BCUT2D eigenvalue weighted by atomic mass is 32.2. The van der Waals surface area contributed by atoms with Crippen molar-refractivity contribution in [2.45, 2.75) is 10.9 Å². The highest BCUT2D eigenvalue weighted by Crippen LogP contribution is 2.24. The van der Waals surface area contributed by atoms with Crippen LogP contribution in [0.2, 0.25) is 0 Å². The first-order chi connectivity index (χ1) is 10.8. The van der Waals surface area contributed by atoms with Crippen molar-refractivity contribution >= 4 is 45.9 Å². The number of para-hydroxylation sites is 2. The molecule has 3 nitrogen and oxygen atoms in total. The Balaban J connectivity index is 1.59. The Labute approximate surface area is 136 Å². The number of nitrogens with one attached hydrogen (secondary N) is 2. The van der Waals surface area contributed by atoms with E-state index in [2.05, 4.69) is 33.2 Å². The Bertz CT molecular complexity index is 984. The van der Waals surface area contributed by atoms with Crippen LogP contribution in [0.1, 0.15) is 5.56 Å². The van der Waals surface area contributed by atoms with Crippen LogP contribution in [0.25, 0.3) is 21.9 Å². The summed E-state index contributed by atoms with van der Waals surface area (Å²) in [7, 11) is 0. The van der Waals surface area contributed by atoms with Gasteiger partial charge >= 0.3 is 0 Å². The lowest BCUT2D eigenvalue weighted by atomic mass is 10.1. The van der Waals surface area contributed by atoms with Crippen LogP contribution in [0.5, 0.6) is 0 Å². The summed E-state index contributed by atoms with van der Waals surface area (Å²) in [5.41, 5.74) is 4.41. The second-order valence-electron chi connectivity index (χ2n) is 5.07. The summed E-state index contributed by atoms with van der Waals surface area (Å²) in [6.45, 7) is 0. The second kappa shape index (κ2) is 5.59. The number of pyridine rings is 1. The highest BCUT2D eigenvalue weighted by Gasteiger charge is 2.04. The molecule has 0 radical (unpaired) electrons. The number of rotatable bonds is 3. The largest absolute Gasteiger partial charge is 0.361 e. The van der Waals surface area contributed by atoms with Gasteiger partial charge in [-0.1, -0.05) is 48.2 Å². The molecule has 0 saturated heterocycles. The number of aromatic amines is 2. The fraction of sp³-hybridized carbons (Fsp3) is 0.0588. The molecule has 108 valence electrons. The molecule has 5 heteroatoms. The Morgan fingerprint density at radius 2 is 1.95 bits per heavy atom. The average Bonchev–Trinajstić information content (AvgIpc) is 2.96. The first kappa shape index (κ1) is 13.5. The number of H-pyrrole nitrogens is 2. The summed E-state index contributed by atoms with van der Waals surface area (Å²) in [5, 5.41) is 2.04. The predicted octanol–water partition coefficient (Wildman–Crippen LogP) is 5.07. The number of imidazole rings is 1. The summed E-state index contributed by atoms with van der Waals surface area (Å²) < 4.78 is 0.880. The van der Waals surface area contributed by atoms with E-state index in [9.17, 15) is 0 Å². The fourth-order valence-corrected chi connectivity index (χ4v) is 3.54. The van der Waals surface area contributed by atoms with E-state index >= 15 is 0 Å². The predicted molar refractivity (Wildman–Crippen MR) is 94.8 cm³/mol. The third kappa shape index (κ3) is 2.53. The van der Waals surface area contributed by atoms with Crippen molar-refractivity contribution in [2.75, 3.05) is 0 Å². The lowest BCUT2D eigenvalue weighted by molar-refractivity contribution is 1.08. The third-order valence-corrected chi connectivity index (χ3v) is 4.87. The minimum absolute atomic E-state index is 0.866. The zero-order valence-corrected chi connectivity index (χ0v) is 13.3. The molecule has 4 rings (SSSR count). The topological polar surface area (TPSA) is 44.5 Å². The quantitative estimate of drug-likeness (QED) is 0.409. The van der Waals surface area contributed by atoms with E-state index in [1.165, 1.54) is 5.56 Å². The number of hydrogen-bond acceptors (Lipinski definition) is 3. The standard InChI is InChI=1S/C17H13N3S2/c21-16-7-8-18-15-9-11(5-6-12(15)16)10-22-17-19-13-3-1-2-4-14(13)20-17/h1-9H,10H2,(H,18,21)(H,19,20). The molecule has 0 aliphatic carbocycles. The van der Waals surface area contributed by atoms with Gasteiger partial charge in [-0.15, -0.1) is 0 Å². The molecule has 2 N–H and O–H groups in total. The minimum Gasteiger partial charge on any atom is -0.361 e. The van der Waals surface area contributed by atoms with Gasteiger partial charge in [0.15, 0.2) is 5.16 Å². The smallest absolute Gasteiger partial charge is 0.166 e. The molecule has 4 aromatic rings. The van der Waals surface area contributed by atoms with Crippen molar-refractivity contribution in [1.82, 2.24) is 15.0 Å². The molecule has 0 bridgehead atoms. The first-order valence-electron chi connectivity index (χ1n) is 6.97. The number of nitrogens with zero attached hydrogens (tertiary/aromatic N) is 1. The van der Waals surface area contributed by atoms with E-state index in [1.54, 1.807) is 11.8 Å². The summed E-state index contributed by atoms with van der Waals surface area (Å²) in [5.74, 6) is 0.866. The van der Waals surface area contributed by atoms with Gasteiger partial charge in [0, 0.05) is 27.4 Å². The van der Waals surface area contributed by atoms with Gasteiger partial charge in [-0.25, -0.2) is 4.98 Å². The molecule has 0 atom stereocenters. The molecule has 0 fully saturated rings. The van der Waals surface area contributed by atoms with Crippen molar-refractivity contribution in [3.8, 4) is 0 Å². The van der Waals surface area contributed by atoms with Crippen LogP contribution < -0.4 is 0 Å². The normalized spacial score (nSPS) is 11.3. The van der Waals surface area contributed by atoms with Gasteiger partial charge in [0.2, 0.25) is 0 Å². The van der Waals surface area contributed by atoms with E-state index in [-0.39, 0.29) is 0 Å². The number of benzene rings is 2. The molecule has 22 heavy (non-hydrogen) atoms. The van der Waals surface area contributed by atoms with Crippen LogP contribution in [0.4, 0.5) is 0 Å². The number of fused-ring (bicyclic) bond motifs is 2. The Kier molecular flexibility index (Phi) is 3.44. The average molecular weight is 323 g/mol. The summed E-state index contributed by atoms with van der Waals surface area (Å²) in [4.78, 5) is 11.2.